The topological polar surface area (TPSA) is 102 Å². The first-order valence-corrected chi connectivity index (χ1v) is 8.71. The summed E-state index contributed by atoms with van der Waals surface area (Å²) in [6.07, 6.45) is -2.79. The molecule has 0 unspecified atom stereocenters. The van der Waals surface area contributed by atoms with Crippen molar-refractivity contribution in [1.82, 2.24) is 5.32 Å². The molecule has 6 atom stereocenters. The molecule has 0 bridgehead atoms. The first-order valence-electron chi connectivity index (χ1n) is 8.71. The number of amides is 1. The summed E-state index contributed by atoms with van der Waals surface area (Å²) in [4.78, 5) is 24.4. The Hall–Kier alpha value is -1.42. The number of alkyl carbamates (subject to hydrolysis) is 1. The number of carbonyl (C=O) groups is 2. The van der Waals surface area contributed by atoms with Crippen molar-refractivity contribution in [3.63, 3.8) is 0 Å². The zero-order valence-corrected chi connectivity index (χ0v) is 15.9. The molecule has 0 aromatic rings. The minimum absolute atomic E-state index is 0.0741. The SMILES string of the molecule is COC(=O)[C@H]1CO[C@H]2[C@H](O[C@@H]3OC(C)(C)O[C@@H]32)[C@@H]1NC(=O)OC(C)(C)C. The number of fused-ring (bicyclic) bond motifs is 3. The lowest BCUT2D eigenvalue weighted by molar-refractivity contribution is -0.234. The highest BCUT2D eigenvalue weighted by molar-refractivity contribution is 5.76. The summed E-state index contributed by atoms with van der Waals surface area (Å²) in [7, 11) is 1.29. The zero-order valence-electron chi connectivity index (χ0n) is 15.9. The molecule has 3 saturated heterocycles. The summed E-state index contributed by atoms with van der Waals surface area (Å²) in [5.41, 5.74) is -0.668. The zero-order chi connectivity index (χ0) is 19.3. The molecule has 9 nitrogen and oxygen atoms in total. The van der Waals surface area contributed by atoms with Gasteiger partial charge in [-0.3, -0.25) is 4.79 Å². The number of ether oxygens (including phenoxy) is 6. The predicted octanol–water partition coefficient (Wildman–Crippen LogP) is 0.944. The Morgan fingerprint density at radius 1 is 1.12 bits per heavy atom. The Labute approximate surface area is 152 Å². The molecule has 3 fully saturated rings. The Bertz CT molecular complexity index is 572. The molecule has 3 aliphatic rings. The summed E-state index contributed by atoms with van der Waals surface area (Å²) in [5.74, 6) is -2.00. The standard InChI is InChI=1S/C17H27NO8/c1-16(2,3)26-15(20)18-9-8(13(19)21-6)7-22-11-10(9)23-14-12(11)24-17(4,5)25-14/h8-12,14H,7H2,1-6H3,(H,18,20)/t8-,9+,10+,11-,12+,14+/m0/s1. The van der Waals surface area contributed by atoms with E-state index in [1.165, 1.54) is 7.11 Å². The van der Waals surface area contributed by atoms with Crippen LogP contribution in [0.25, 0.3) is 0 Å². The molecule has 3 aliphatic heterocycles. The summed E-state index contributed by atoms with van der Waals surface area (Å²) in [6, 6.07) is -0.683. The van der Waals surface area contributed by atoms with Crippen molar-refractivity contribution >= 4 is 12.1 Å². The molecule has 26 heavy (non-hydrogen) atoms. The second kappa shape index (κ2) is 6.63. The van der Waals surface area contributed by atoms with Crippen molar-refractivity contribution in [3.8, 4) is 0 Å². The monoisotopic (exact) mass is 373 g/mol. The average Bonchev–Trinajstić information content (AvgIpc) is 2.97. The van der Waals surface area contributed by atoms with Crippen LogP contribution in [0.1, 0.15) is 34.6 Å². The fourth-order valence-corrected chi connectivity index (χ4v) is 3.52. The molecule has 0 aromatic heterocycles. The van der Waals surface area contributed by atoms with Crippen LogP contribution in [0.3, 0.4) is 0 Å². The van der Waals surface area contributed by atoms with Crippen LogP contribution in [0.15, 0.2) is 0 Å². The van der Waals surface area contributed by atoms with Crippen LogP contribution in [-0.2, 0) is 33.2 Å². The van der Waals surface area contributed by atoms with Crippen LogP contribution in [0, 0.1) is 5.92 Å². The highest BCUT2D eigenvalue weighted by atomic mass is 16.8. The molecule has 0 radical (unpaired) electrons. The number of esters is 1. The van der Waals surface area contributed by atoms with Gasteiger partial charge in [-0.05, 0) is 34.6 Å². The van der Waals surface area contributed by atoms with Crippen LogP contribution >= 0.6 is 0 Å². The number of rotatable bonds is 2. The molecule has 3 heterocycles. The molecule has 0 aromatic carbocycles. The predicted molar refractivity (Wildman–Crippen MR) is 87.1 cm³/mol. The number of nitrogens with one attached hydrogen (secondary N) is 1. The quantitative estimate of drug-likeness (QED) is 0.714. The largest absolute Gasteiger partial charge is 0.469 e. The fraction of sp³-hybridized carbons (Fsp3) is 0.882. The van der Waals surface area contributed by atoms with Crippen molar-refractivity contribution in [2.45, 2.75) is 76.7 Å². The lowest BCUT2D eigenvalue weighted by Gasteiger charge is -2.39. The normalized spacial score (nSPS) is 38.2. The van der Waals surface area contributed by atoms with Crippen molar-refractivity contribution in [2.24, 2.45) is 5.92 Å². The van der Waals surface area contributed by atoms with Crippen molar-refractivity contribution in [3.05, 3.63) is 0 Å². The van der Waals surface area contributed by atoms with Gasteiger partial charge in [0, 0.05) is 0 Å². The van der Waals surface area contributed by atoms with Crippen LogP contribution in [0.4, 0.5) is 4.79 Å². The number of hydrogen-bond acceptors (Lipinski definition) is 8. The van der Waals surface area contributed by atoms with Gasteiger partial charge in [0.05, 0.1) is 19.8 Å². The van der Waals surface area contributed by atoms with E-state index in [9.17, 15) is 9.59 Å². The summed E-state index contributed by atoms with van der Waals surface area (Å²) < 4.78 is 33.5. The van der Waals surface area contributed by atoms with E-state index < -0.39 is 60.0 Å². The number of hydrogen-bond donors (Lipinski definition) is 1. The maximum absolute atomic E-state index is 12.3. The van der Waals surface area contributed by atoms with Gasteiger partial charge in [-0.25, -0.2) is 4.79 Å². The van der Waals surface area contributed by atoms with Crippen molar-refractivity contribution in [2.75, 3.05) is 13.7 Å². The van der Waals surface area contributed by atoms with Gasteiger partial charge in [0.15, 0.2) is 12.1 Å². The molecule has 0 spiro atoms. The molecular weight excluding hydrogens is 346 g/mol. The van der Waals surface area contributed by atoms with E-state index in [1.807, 2.05) is 0 Å². The molecule has 1 amide bonds. The van der Waals surface area contributed by atoms with E-state index >= 15 is 0 Å². The average molecular weight is 373 g/mol. The van der Waals surface area contributed by atoms with Crippen molar-refractivity contribution in [1.29, 1.82) is 0 Å². The van der Waals surface area contributed by atoms with E-state index in [-0.39, 0.29) is 6.61 Å². The Morgan fingerprint density at radius 3 is 2.42 bits per heavy atom. The Kier molecular flexibility index (Phi) is 4.93. The summed E-state index contributed by atoms with van der Waals surface area (Å²) in [5, 5.41) is 2.74. The molecule has 1 N–H and O–H groups in total. The fourth-order valence-electron chi connectivity index (χ4n) is 3.52. The second-order valence-corrected chi connectivity index (χ2v) is 8.17. The Balaban J connectivity index is 1.78. The van der Waals surface area contributed by atoms with E-state index in [0.29, 0.717) is 0 Å². The van der Waals surface area contributed by atoms with Gasteiger partial charge in [0.2, 0.25) is 0 Å². The molecule has 0 saturated carbocycles. The van der Waals surface area contributed by atoms with Crippen LogP contribution in [0.2, 0.25) is 0 Å². The molecule has 9 heteroatoms. The van der Waals surface area contributed by atoms with Gasteiger partial charge in [-0.2, -0.15) is 0 Å². The molecule has 3 rings (SSSR count). The maximum atomic E-state index is 12.3. The molecule has 148 valence electrons. The Morgan fingerprint density at radius 2 is 1.81 bits per heavy atom. The maximum Gasteiger partial charge on any atom is 0.407 e. The van der Waals surface area contributed by atoms with E-state index in [4.69, 9.17) is 28.4 Å². The third kappa shape index (κ3) is 3.80. The highest BCUT2D eigenvalue weighted by Crippen LogP contribution is 2.42. The van der Waals surface area contributed by atoms with Gasteiger partial charge < -0.3 is 33.7 Å². The van der Waals surface area contributed by atoms with Gasteiger partial charge in [-0.15, -0.1) is 0 Å². The van der Waals surface area contributed by atoms with E-state index in [2.05, 4.69) is 5.32 Å². The molecule has 0 aliphatic carbocycles. The summed E-state index contributed by atoms with van der Waals surface area (Å²) in [6.45, 7) is 8.94. The third-order valence-corrected chi connectivity index (χ3v) is 4.47. The van der Waals surface area contributed by atoms with E-state index in [0.717, 1.165) is 0 Å². The van der Waals surface area contributed by atoms with Crippen LogP contribution < -0.4 is 5.32 Å². The lowest BCUT2D eigenvalue weighted by Crippen LogP contribution is -2.61. The van der Waals surface area contributed by atoms with Crippen LogP contribution in [0.5, 0.6) is 0 Å². The first kappa shape index (κ1) is 19.3. The van der Waals surface area contributed by atoms with Gasteiger partial charge >= 0.3 is 12.1 Å². The van der Waals surface area contributed by atoms with Crippen LogP contribution in [-0.4, -0.2) is 67.8 Å². The molecular formula is C17H27NO8. The summed E-state index contributed by atoms with van der Waals surface area (Å²) >= 11 is 0. The highest BCUT2D eigenvalue weighted by Gasteiger charge is 2.61. The lowest BCUT2D eigenvalue weighted by atomic mass is 9.89. The minimum atomic E-state index is -0.781. The number of carbonyl (C=O) groups excluding carboxylic acids is 2. The van der Waals surface area contributed by atoms with Gasteiger partial charge in [-0.1, -0.05) is 0 Å². The van der Waals surface area contributed by atoms with E-state index in [1.54, 1.807) is 34.6 Å². The van der Waals surface area contributed by atoms with Gasteiger partial charge in [0.25, 0.3) is 0 Å². The second-order valence-electron chi connectivity index (χ2n) is 8.17. The first-order chi connectivity index (χ1) is 12.0. The smallest absolute Gasteiger partial charge is 0.407 e. The van der Waals surface area contributed by atoms with Gasteiger partial charge in [0.1, 0.15) is 29.8 Å². The van der Waals surface area contributed by atoms with Crippen molar-refractivity contribution < 1.29 is 38.0 Å². The minimum Gasteiger partial charge on any atom is -0.469 e. The third-order valence-electron chi connectivity index (χ3n) is 4.47. The number of methoxy groups -OCH3 is 1.